The first kappa shape index (κ1) is 19.4. The maximum atomic E-state index is 13.7. The molecule has 9 heteroatoms. The number of fused-ring (bicyclic) bond motifs is 3. The third kappa shape index (κ3) is 2.50. The highest BCUT2D eigenvalue weighted by molar-refractivity contribution is 6.32. The van der Waals surface area contributed by atoms with E-state index in [1.54, 1.807) is 12.1 Å². The summed E-state index contributed by atoms with van der Waals surface area (Å²) in [4.78, 5) is 65.8. The van der Waals surface area contributed by atoms with Crippen LogP contribution in [0.25, 0.3) is 10.8 Å². The Bertz CT molecular complexity index is 1150. The van der Waals surface area contributed by atoms with E-state index in [1.807, 2.05) is 37.3 Å². The van der Waals surface area contributed by atoms with Crippen molar-refractivity contribution in [3.63, 3.8) is 0 Å². The van der Waals surface area contributed by atoms with E-state index < -0.39 is 53.1 Å². The topological polar surface area (TPSA) is 125 Å². The number of imide groups is 3. The van der Waals surface area contributed by atoms with Crippen molar-refractivity contribution in [2.75, 3.05) is 4.90 Å². The summed E-state index contributed by atoms with van der Waals surface area (Å²) >= 11 is 0. The van der Waals surface area contributed by atoms with E-state index >= 15 is 0 Å². The van der Waals surface area contributed by atoms with Crippen molar-refractivity contribution in [3.8, 4) is 0 Å². The average molecular weight is 420 g/mol. The molecule has 2 aromatic rings. The number of hydrogen-bond acceptors (Lipinski definition) is 6. The van der Waals surface area contributed by atoms with Crippen LogP contribution in [-0.2, 0) is 19.2 Å². The Morgan fingerprint density at radius 2 is 1.58 bits per heavy atom. The van der Waals surface area contributed by atoms with Gasteiger partial charge in [0, 0.05) is 11.4 Å². The molecule has 3 N–H and O–H groups in total. The Balaban J connectivity index is 1.66. The molecule has 3 unspecified atom stereocenters. The third-order valence-electron chi connectivity index (χ3n) is 6.44. The highest BCUT2D eigenvalue weighted by Crippen LogP contribution is 2.47. The second-order valence-electron chi connectivity index (χ2n) is 8.10. The number of carbonyl (C=O) groups excluding carboxylic acids is 5. The summed E-state index contributed by atoms with van der Waals surface area (Å²) in [6.45, 7) is 1.91. The molecular weight excluding hydrogens is 400 g/mol. The maximum absolute atomic E-state index is 13.7. The van der Waals surface area contributed by atoms with Crippen LogP contribution < -0.4 is 20.9 Å². The largest absolute Gasteiger partial charge is 0.328 e. The summed E-state index contributed by atoms with van der Waals surface area (Å²) < 4.78 is 0. The van der Waals surface area contributed by atoms with Crippen LogP contribution in [0.15, 0.2) is 42.5 Å². The van der Waals surface area contributed by atoms with E-state index in [0.29, 0.717) is 23.9 Å². The van der Waals surface area contributed by atoms with Gasteiger partial charge in [-0.3, -0.25) is 35.1 Å². The van der Waals surface area contributed by atoms with Crippen molar-refractivity contribution in [1.29, 1.82) is 0 Å². The van der Waals surface area contributed by atoms with Gasteiger partial charge in [0.25, 0.3) is 11.8 Å². The van der Waals surface area contributed by atoms with Crippen molar-refractivity contribution >= 4 is 46.1 Å². The summed E-state index contributed by atoms with van der Waals surface area (Å²) in [6.07, 6.45) is 1.16. The number of carbonyl (C=O) groups is 5. The maximum Gasteiger partial charge on any atom is 0.328 e. The SMILES string of the molecule is CCCC1NC2(C(=O)NC(=O)NC2=O)C2C(=O)N(c3cccc4ccccc34)C(=O)C12. The number of barbiturate groups is 1. The monoisotopic (exact) mass is 420 g/mol. The van der Waals surface area contributed by atoms with Gasteiger partial charge in [-0.2, -0.15) is 0 Å². The molecule has 2 aromatic carbocycles. The van der Waals surface area contributed by atoms with Crippen molar-refractivity contribution < 1.29 is 24.0 Å². The zero-order valence-electron chi connectivity index (χ0n) is 16.7. The fraction of sp³-hybridized carbons (Fsp3) is 0.318. The molecule has 0 aliphatic carbocycles. The molecule has 3 atom stereocenters. The number of nitrogens with one attached hydrogen (secondary N) is 3. The van der Waals surface area contributed by atoms with E-state index in [4.69, 9.17) is 0 Å². The van der Waals surface area contributed by atoms with Crippen LogP contribution in [0.5, 0.6) is 0 Å². The molecule has 6 amide bonds. The fourth-order valence-electron chi connectivity index (χ4n) is 5.18. The van der Waals surface area contributed by atoms with Crippen LogP contribution in [0.2, 0.25) is 0 Å². The van der Waals surface area contributed by atoms with Crippen LogP contribution in [-0.4, -0.2) is 41.2 Å². The van der Waals surface area contributed by atoms with Gasteiger partial charge in [-0.15, -0.1) is 0 Å². The lowest BCUT2D eigenvalue weighted by molar-refractivity contribution is -0.145. The van der Waals surface area contributed by atoms with Crippen LogP contribution >= 0.6 is 0 Å². The predicted molar refractivity (Wildman–Crippen MR) is 110 cm³/mol. The fourth-order valence-corrected chi connectivity index (χ4v) is 5.18. The quantitative estimate of drug-likeness (QED) is 0.499. The number of hydrogen-bond donors (Lipinski definition) is 3. The van der Waals surface area contributed by atoms with Crippen LogP contribution in [0.3, 0.4) is 0 Å². The Morgan fingerprint density at radius 1 is 0.903 bits per heavy atom. The van der Waals surface area contributed by atoms with Gasteiger partial charge in [0.1, 0.15) is 0 Å². The second-order valence-corrected chi connectivity index (χ2v) is 8.10. The van der Waals surface area contributed by atoms with Crippen molar-refractivity contribution in [3.05, 3.63) is 42.5 Å². The highest BCUT2D eigenvalue weighted by atomic mass is 16.2. The van der Waals surface area contributed by atoms with Crippen LogP contribution in [0.4, 0.5) is 10.5 Å². The van der Waals surface area contributed by atoms with Gasteiger partial charge in [0.2, 0.25) is 11.8 Å². The Morgan fingerprint density at radius 3 is 2.29 bits per heavy atom. The molecule has 31 heavy (non-hydrogen) atoms. The first-order valence-electron chi connectivity index (χ1n) is 10.2. The Kier molecular flexibility index (Phi) is 4.19. The van der Waals surface area contributed by atoms with E-state index in [0.717, 1.165) is 10.3 Å². The highest BCUT2D eigenvalue weighted by Gasteiger charge is 2.72. The lowest BCUT2D eigenvalue weighted by Crippen LogP contribution is -2.74. The molecule has 0 saturated carbocycles. The van der Waals surface area contributed by atoms with Crippen LogP contribution in [0, 0.1) is 11.8 Å². The normalized spacial score (nSPS) is 27.1. The molecule has 0 aromatic heterocycles. The predicted octanol–water partition coefficient (Wildman–Crippen LogP) is 0.822. The number of anilines is 1. The molecule has 0 radical (unpaired) electrons. The van der Waals surface area contributed by atoms with Gasteiger partial charge >= 0.3 is 6.03 Å². The lowest BCUT2D eigenvalue weighted by atomic mass is 9.78. The van der Waals surface area contributed by atoms with Gasteiger partial charge in [-0.1, -0.05) is 49.7 Å². The molecular formula is C22H20N4O5. The van der Waals surface area contributed by atoms with Crippen molar-refractivity contribution in [2.45, 2.75) is 31.3 Å². The van der Waals surface area contributed by atoms with E-state index in [-0.39, 0.29) is 0 Å². The van der Waals surface area contributed by atoms with Gasteiger partial charge in [0.15, 0.2) is 5.54 Å². The molecule has 3 aliphatic heterocycles. The van der Waals surface area contributed by atoms with Crippen LogP contribution in [0.1, 0.15) is 19.8 Å². The Labute approximate surface area is 177 Å². The summed E-state index contributed by atoms with van der Waals surface area (Å²) in [5.74, 6) is -5.03. The number of amides is 6. The molecule has 9 nitrogen and oxygen atoms in total. The minimum absolute atomic E-state index is 0.417. The summed E-state index contributed by atoms with van der Waals surface area (Å²) in [6, 6.07) is 11.2. The summed E-state index contributed by atoms with van der Waals surface area (Å²) in [5, 5.41) is 8.69. The first-order chi connectivity index (χ1) is 14.9. The van der Waals surface area contributed by atoms with Crippen molar-refractivity contribution in [2.24, 2.45) is 11.8 Å². The zero-order chi connectivity index (χ0) is 21.9. The number of urea groups is 1. The van der Waals surface area contributed by atoms with E-state index in [2.05, 4.69) is 16.0 Å². The molecule has 3 fully saturated rings. The zero-order valence-corrected chi connectivity index (χ0v) is 16.7. The second kappa shape index (κ2) is 6.71. The van der Waals surface area contributed by atoms with E-state index in [9.17, 15) is 24.0 Å². The molecule has 3 saturated heterocycles. The summed E-state index contributed by atoms with van der Waals surface area (Å²) in [7, 11) is 0. The molecule has 1 spiro atoms. The van der Waals surface area contributed by atoms with Crippen molar-refractivity contribution in [1.82, 2.24) is 16.0 Å². The summed E-state index contributed by atoms with van der Waals surface area (Å²) in [5.41, 5.74) is -1.59. The number of nitrogens with zero attached hydrogens (tertiary/aromatic N) is 1. The minimum atomic E-state index is -2.01. The first-order valence-corrected chi connectivity index (χ1v) is 10.2. The Hall–Kier alpha value is -3.59. The average Bonchev–Trinajstić information content (AvgIpc) is 3.21. The van der Waals surface area contributed by atoms with E-state index in [1.165, 1.54) is 0 Å². The minimum Gasteiger partial charge on any atom is -0.291 e. The number of benzene rings is 2. The van der Waals surface area contributed by atoms with Gasteiger partial charge in [-0.25, -0.2) is 9.69 Å². The smallest absolute Gasteiger partial charge is 0.291 e. The lowest BCUT2D eigenvalue weighted by Gasteiger charge is -2.34. The molecule has 3 heterocycles. The molecule has 3 aliphatic rings. The molecule has 5 rings (SSSR count). The number of rotatable bonds is 3. The molecule has 158 valence electrons. The van der Waals surface area contributed by atoms with Gasteiger partial charge < -0.3 is 0 Å². The third-order valence-corrected chi connectivity index (χ3v) is 6.44. The van der Waals surface area contributed by atoms with Gasteiger partial charge in [-0.05, 0) is 17.9 Å². The molecule has 0 bridgehead atoms. The van der Waals surface area contributed by atoms with Gasteiger partial charge in [0.05, 0.1) is 17.5 Å². The standard InChI is InChI=1S/C22H20N4O5/c1-2-6-13-15-16(22(25-13)19(29)23-21(31)24-20(22)30)18(28)26(17(15)27)14-10-5-8-11-7-3-4-9-12(11)14/h3-5,7-10,13,15-16,25H,2,6H2,1H3,(H2,23,24,29,30,31).